The molecule has 0 spiro atoms. The first-order chi connectivity index (χ1) is 13.3. The van der Waals surface area contributed by atoms with Crippen LogP contribution in [0.1, 0.15) is 0 Å². The van der Waals surface area contributed by atoms with E-state index in [-0.39, 0.29) is 5.75 Å². The zero-order valence-corrected chi connectivity index (χ0v) is 17.0. The molecule has 2 N–H and O–H groups in total. The van der Waals surface area contributed by atoms with Gasteiger partial charge in [-0.25, -0.2) is 4.57 Å². The zero-order valence-electron chi connectivity index (χ0n) is 15.3. The molecule has 10 heteroatoms. The lowest BCUT2D eigenvalue weighted by Crippen LogP contribution is -1.95. The molecular formula is C18H18NO7PS. The normalized spacial score (nSPS) is 11.2. The molecule has 0 amide bonds. The van der Waals surface area contributed by atoms with Gasteiger partial charge in [0.1, 0.15) is 5.75 Å². The average molecular weight is 423 g/mol. The number of methoxy groups -OCH3 is 3. The van der Waals surface area contributed by atoms with Crippen LogP contribution in [0.4, 0.5) is 0 Å². The molecule has 0 radical (unpaired) electrons. The maximum absolute atomic E-state index is 10.9. The molecule has 148 valence electrons. The Morgan fingerprint density at radius 1 is 0.893 bits per heavy atom. The van der Waals surface area contributed by atoms with E-state index in [1.807, 2.05) is 18.2 Å². The summed E-state index contributed by atoms with van der Waals surface area (Å²) in [6.45, 7) is 0. The highest BCUT2D eigenvalue weighted by atomic mass is 32.1. The van der Waals surface area contributed by atoms with Gasteiger partial charge in [-0.3, -0.25) is 9.79 Å². The van der Waals surface area contributed by atoms with Crippen LogP contribution in [0.15, 0.2) is 42.5 Å². The van der Waals surface area contributed by atoms with E-state index in [0.29, 0.717) is 17.2 Å². The third-order valence-electron chi connectivity index (χ3n) is 3.83. The van der Waals surface area contributed by atoms with Crippen LogP contribution in [0.5, 0.6) is 23.0 Å². The predicted molar refractivity (Wildman–Crippen MR) is 105 cm³/mol. The quantitative estimate of drug-likeness (QED) is 0.550. The number of phosphoric ester groups is 1. The van der Waals surface area contributed by atoms with Gasteiger partial charge in [-0.1, -0.05) is 0 Å². The lowest BCUT2D eigenvalue weighted by Gasteiger charge is -2.13. The molecule has 0 aliphatic carbocycles. The van der Waals surface area contributed by atoms with Crippen LogP contribution < -0.4 is 18.7 Å². The highest BCUT2D eigenvalue weighted by molar-refractivity contribution is 7.46. The van der Waals surface area contributed by atoms with Gasteiger partial charge in [-0.05, 0) is 54.0 Å². The Hall–Kier alpha value is -2.58. The Labute approximate surface area is 165 Å². The van der Waals surface area contributed by atoms with Crippen LogP contribution >= 0.6 is 19.4 Å². The molecule has 1 heterocycles. The van der Waals surface area contributed by atoms with Gasteiger partial charge in [0.15, 0.2) is 11.5 Å². The van der Waals surface area contributed by atoms with Crippen LogP contribution in [0.25, 0.3) is 21.7 Å². The number of ether oxygens (including phenoxy) is 3. The summed E-state index contributed by atoms with van der Waals surface area (Å²) in [5.74, 6) is 1.69. The molecule has 3 rings (SSSR count). The summed E-state index contributed by atoms with van der Waals surface area (Å²) >= 11 is 1.31. The van der Waals surface area contributed by atoms with Gasteiger partial charge >= 0.3 is 7.82 Å². The average Bonchev–Trinajstić information content (AvgIpc) is 3.16. The first kappa shape index (κ1) is 20.2. The molecule has 3 aromatic rings. The van der Waals surface area contributed by atoms with Crippen molar-refractivity contribution < 1.29 is 33.1 Å². The van der Waals surface area contributed by atoms with E-state index in [9.17, 15) is 4.57 Å². The van der Waals surface area contributed by atoms with E-state index in [0.717, 1.165) is 21.7 Å². The summed E-state index contributed by atoms with van der Waals surface area (Å²) in [5, 5.41) is 0. The molecule has 2 aromatic carbocycles. The second kappa shape index (κ2) is 8.20. The van der Waals surface area contributed by atoms with E-state index in [1.54, 1.807) is 33.5 Å². The monoisotopic (exact) mass is 423 g/mol. The van der Waals surface area contributed by atoms with Crippen LogP contribution in [0.2, 0.25) is 0 Å². The Kier molecular flexibility index (Phi) is 5.90. The van der Waals surface area contributed by atoms with E-state index in [4.69, 9.17) is 24.0 Å². The molecular weight excluding hydrogens is 405 g/mol. The minimum Gasteiger partial charge on any atom is -0.493 e. The molecule has 0 saturated heterocycles. The van der Waals surface area contributed by atoms with Crippen molar-refractivity contribution in [1.29, 1.82) is 0 Å². The summed E-state index contributed by atoms with van der Waals surface area (Å²) in [6, 6.07) is 11.9. The Balaban J connectivity index is 1.91. The summed E-state index contributed by atoms with van der Waals surface area (Å²) in [5.41, 5.74) is 2.36. The number of hydrogen-bond donors (Lipinski definition) is 2. The molecule has 0 fully saturated rings. The number of nitrogens with zero attached hydrogens (tertiary/aromatic N) is 1. The summed E-state index contributed by atoms with van der Waals surface area (Å²) in [4.78, 5) is 18.6. The molecule has 8 nitrogen and oxygen atoms in total. The largest absolute Gasteiger partial charge is 0.524 e. The fourth-order valence-electron chi connectivity index (χ4n) is 2.59. The van der Waals surface area contributed by atoms with Gasteiger partial charge in [-0.15, -0.1) is 0 Å². The van der Waals surface area contributed by atoms with Gasteiger partial charge in [-0.2, -0.15) is 4.37 Å². The minimum absolute atomic E-state index is 0.0807. The molecule has 0 unspecified atom stereocenters. The summed E-state index contributed by atoms with van der Waals surface area (Å²) in [6.07, 6.45) is 0. The van der Waals surface area contributed by atoms with Gasteiger partial charge in [0, 0.05) is 11.1 Å². The van der Waals surface area contributed by atoms with Crippen LogP contribution in [-0.2, 0) is 4.57 Å². The van der Waals surface area contributed by atoms with Crippen molar-refractivity contribution >= 4 is 19.4 Å². The molecule has 0 aliphatic heterocycles. The highest BCUT2D eigenvalue weighted by Gasteiger charge is 2.17. The summed E-state index contributed by atoms with van der Waals surface area (Å²) in [7, 11) is 0.0776. The van der Waals surface area contributed by atoms with Crippen molar-refractivity contribution in [2.45, 2.75) is 0 Å². The zero-order chi connectivity index (χ0) is 20.3. The van der Waals surface area contributed by atoms with Crippen LogP contribution in [-0.4, -0.2) is 35.5 Å². The smallest absolute Gasteiger partial charge is 0.493 e. The van der Waals surface area contributed by atoms with Crippen LogP contribution in [0.3, 0.4) is 0 Å². The second-order valence-corrected chi connectivity index (χ2v) is 7.57. The van der Waals surface area contributed by atoms with E-state index >= 15 is 0 Å². The number of aromatic nitrogens is 1. The molecule has 1 aromatic heterocycles. The third kappa shape index (κ3) is 4.45. The van der Waals surface area contributed by atoms with Crippen LogP contribution in [0, 0.1) is 0 Å². The fourth-order valence-corrected chi connectivity index (χ4v) is 3.73. The molecule has 0 aliphatic rings. The highest BCUT2D eigenvalue weighted by Crippen LogP contribution is 2.43. The lowest BCUT2D eigenvalue weighted by molar-refractivity contribution is 0.283. The van der Waals surface area contributed by atoms with E-state index in [1.165, 1.54) is 23.7 Å². The number of rotatable bonds is 7. The van der Waals surface area contributed by atoms with Crippen molar-refractivity contribution in [3.05, 3.63) is 42.5 Å². The number of phosphoric acid groups is 1. The first-order valence-electron chi connectivity index (χ1n) is 7.97. The summed E-state index contributed by atoms with van der Waals surface area (Å²) < 4.78 is 36.0. The van der Waals surface area contributed by atoms with E-state index < -0.39 is 7.82 Å². The third-order valence-corrected chi connectivity index (χ3v) is 5.12. The van der Waals surface area contributed by atoms with Crippen molar-refractivity contribution in [2.24, 2.45) is 0 Å². The van der Waals surface area contributed by atoms with Gasteiger partial charge in [0.2, 0.25) is 5.75 Å². The maximum atomic E-state index is 10.9. The van der Waals surface area contributed by atoms with Gasteiger partial charge in [0.25, 0.3) is 0 Å². The SMILES string of the molecule is COc1cc(-c2cc(-c3ccc(OP(=O)(O)O)cc3)ns2)cc(OC)c1OC. The fraction of sp³-hybridized carbons (Fsp3) is 0.167. The molecule has 0 atom stereocenters. The van der Waals surface area contributed by atoms with E-state index in [2.05, 4.69) is 8.90 Å². The lowest BCUT2D eigenvalue weighted by atomic mass is 10.1. The Morgan fingerprint density at radius 3 is 2.00 bits per heavy atom. The predicted octanol–water partition coefficient (Wildman–Crippen LogP) is 3.97. The standard InChI is InChI=1S/C18H18NO7PS/c1-23-15-8-12(9-16(24-2)18(15)25-3)17-10-14(19-28-17)11-4-6-13(7-5-11)26-27(20,21)22/h4-10H,1-3H3,(H2,20,21,22). The molecule has 0 bridgehead atoms. The Morgan fingerprint density at radius 2 is 1.50 bits per heavy atom. The van der Waals surface area contributed by atoms with Crippen molar-refractivity contribution in [3.63, 3.8) is 0 Å². The maximum Gasteiger partial charge on any atom is 0.524 e. The minimum atomic E-state index is -4.58. The van der Waals surface area contributed by atoms with Gasteiger partial charge in [0.05, 0.1) is 31.9 Å². The second-order valence-electron chi connectivity index (χ2n) is 5.60. The van der Waals surface area contributed by atoms with Gasteiger partial charge < -0.3 is 18.7 Å². The number of benzene rings is 2. The first-order valence-corrected chi connectivity index (χ1v) is 10.3. The molecule has 28 heavy (non-hydrogen) atoms. The number of hydrogen-bond acceptors (Lipinski definition) is 7. The topological polar surface area (TPSA) is 107 Å². The Bertz CT molecular complexity index is 988. The van der Waals surface area contributed by atoms with Crippen molar-refractivity contribution in [2.75, 3.05) is 21.3 Å². The van der Waals surface area contributed by atoms with Crippen molar-refractivity contribution in [1.82, 2.24) is 4.37 Å². The molecule has 0 saturated carbocycles. The van der Waals surface area contributed by atoms with Crippen molar-refractivity contribution in [3.8, 4) is 44.7 Å².